The standard InChI is InChI=1S/C14H18ClN3O2/c15-11-1-2-14(19)12(9-11)13(10-16)17-3-4-18-5-7-20-8-6-18/h1-2,9,13,17,19H,3-8H2. The van der Waals surface area contributed by atoms with Crippen molar-refractivity contribution in [3.8, 4) is 11.8 Å². The van der Waals surface area contributed by atoms with E-state index in [-0.39, 0.29) is 5.75 Å². The zero-order valence-corrected chi connectivity index (χ0v) is 11.9. The Labute approximate surface area is 123 Å². The van der Waals surface area contributed by atoms with E-state index in [2.05, 4.69) is 16.3 Å². The van der Waals surface area contributed by atoms with Crippen LogP contribution in [0.2, 0.25) is 5.02 Å². The predicted octanol–water partition coefficient (Wildman–Crippen LogP) is 1.53. The molecule has 6 heteroatoms. The second-order valence-corrected chi connectivity index (χ2v) is 5.11. The molecule has 20 heavy (non-hydrogen) atoms. The maximum atomic E-state index is 9.81. The maximum absolute atomic E-state index is 9.81. The molecule has 2 rings (SSSR count). The molecule has 1 aromatic carbocycles. The van der Waals surface area contributed by atoms with Crippen molar-refractivity contribution in [3.63, 3.8) is 0 Å². The van der Waals surface area contributed by atoms with Gasteiger partial charge in [0.2, 0.25) is 0 Å². The number of nitrogens with one attached hydrogen (secondary N) is 1. The summed E-state index contributed by atoms with van der Waals surface area (Å²) in [7, 11) is 0. The maximum Gasteiger partial charge on any atom is 0.125 e. The third kappa shape index (κ3) is 4.09. The van der Waals surface area contributed by atoms with E-state index in [1.165, 1.54) is 6.07 Å². The van der Waals surface area contributed by atoms with E-state index in [1.807, 2.05) is 0 Å². The van der Waals surface area contributed by atoms with Gasteiger partial charge in [-0.05, 0) is 18.2 Å². The molecule has 1 aliphatic heterocycles. The van der Waals surface area contributed by atoms with Crippen molar-refractivity contribution in [2.24, 2.45) is 0 Å². The first-order valence-electron chi connectivity index (χ1n) is 6.62. The van der Waals surface area contributed by atoms with Gasteiger partial charge in [-0.3, -0.25) is 10.2 Å². The number of hydrogen-bond donors (Lipinski definition) is 2. The van der Waals surface area contributed by atoms with Crippen LogP contribution in [0.25, 0.3) is 0 Å². The van der Waals surface area contributed by atoms with Gasteiger partial charge in [0, 0.05) is 36.8 Å². The predicted molar refractivity (Wildman–Crippen MR) is 76.7 cm³/mol. The van der Waals surface area contributed by atoms with E-state index in [0.29, 0.717) is 17.1 Å². The van der Waals surface area contributed by atoms with Crippen LogP contribution >= 0.6 is 11.6 Å². The summed E-state index contributed by atoms with van der Waals surface area (Å²) in [5.41, 5.74) is 0.516. The van der Waals surface area contributed by atoms with Crippen LogP contribution in [0.1, 0.15) is 11.6 Å². The van der Waals surface area contributed by atoms with Crippen molar-refractivity contribution in [3.05, 3.63) is 28.8 Å². The van der Waals surface area contributed by atoms with E-state index < -0.39 is 6.04 Å². The van der Waals surface area contributed by atoms with Crippen molar-refractivity contribution < 1.29 is 9.84 Å². The Balaban J connectivity index is 1.89. The minimum absolute atomic E-state index is 0.0832. The number of ether oxygens (including phenoxy) is 1. The number of rotatable bonds is 5. The van der Waals surface area contributed by atoms with E-state index in [0.717, 1.165) is 32.8 Å². The van der Waals surface area contributed by atoms with Crippen molar-refractivity contribution in [1.29, 1.82) is 5.26 Å². The first-order chi connectivity index (χ1) is 9.70. The Morgan fingerprint density at radius 2 is 2.20 bits per heavy atom. The topological polar surface area (TPSA) is 68.5 Å². The Hall–Kier alpha value is -1.32. The van der Waals surface area contributed by atoms with E-state index in [1.54, 1.807) is 12.1 Å². The van der Waals surface area contributed by atoms with Gasteiger partial charge in [0.05, 0.1) is 19.3 Å². The highest BCUT2D eigenvalue weighted by molar-refractivity contribution is 6.30. The molecule has 0 aliphatic carbocycles. The summed E-state index contributed by atoms with van der Waals surface area (Å²) in [4.78, 5) is 2.28. The molecule has 108 valence electrons. The Kier molecular flexibility index (Phi) is 5.62. The number of halogens is 1. The fourth-order valence-corrected chi connectivity index (χ4v) is 2.35. The second-order valence-electron chi connectivity index (χ2n) is 4.67. The number of phenols is 1. The number of morpholine rings is 1. The van der Waals surface area contributed by atoms with Gasteiger partial charge < -0.3 is 9.84 Å². The van der Waals surface area contributed by atoms with Crippen molar-refractivity contribution >= 4 is 11.6 Å². The summed E-state index contributed by atoms with van der Waals surface area (Å²) in [5.74, 6) is 0.0832. The van der Waals surface area contributed by atoms with Gasteiger partial charge in [0.15, 0.2) is 0 Å². The first-order valence-corrected chi connectivity index (χ1v) is 7.00. The Bertz CT molecular complexity index is 484. The summed E-state index contributed by atoms with van der Waals surface area (Å²) in [5, 5.41) is 22.7. The van der Waals surface area contributed by atoms with Crippen LogP contribution in [0, 0.1) is 11.3 Å². The molecular formula is C14H18ClN3O2. The molecule has 0 spiro atoms. The smallest absolute Gasteiger partial charge is 0.125 e. The lowest BCUT2D eigenvalue weighted by Crippen LogP contribution is -2.40. The summed E-state index contributed by atoms with van der Waals surface area (Å²) >= 11 is 5.90. The van der Waals surface area contributed by atoms with Crippen LogP contribution in [0.3, 0.4) is 0 Å². The molecule has 1 aromatic rings. The van der Waals surface area contributed by atoms with Gasteiger partial charge in [-0.15, -0.1) is 0 Å². The number of phenolic OH excluding ortho intramolecular Hbond substituents is 1. The molecule has 1 unspecified atom stereocenters. The SMILES string of the molecule is N#CC(NCCN1CCOCC1)c1cc(Cl)ccc1O. The highest BCUT2D eigenvalue weighted by Crippen LogP contribution is 2.26. The average molecular weight is 296 g/mol. The minimum atomic E-state index is -0.560. The highest BCUT2D eigenvalue weighted by atomic mass is 35.5. The largest absolute Gasteiger partial charge is 0.508 e. The van der Waals surface area contributed by atoms with E-state index in [4.69, 9.17) is 16.3 Å². The van der Waals surface area contributed by atoms with E-state index >= 15 is 0 Å². The van der Waals surface area contributed by atoms with Crippen molar-refractivity contribution in [1.82, 2.24) is 10.2 Å². The van der Waals surface area contributed by atoms with E-state index in [9.17, 15) is 10.4 Å². The van der Waals surface area contributed by atoms with Crippen LogP contribution in [-0.4, -0.2) is 49.4 Å². The third-order valence-electron chi connectivity index (χ3n) is 3.31. The van der Waals surface area contributed by atoms with Crippen LogP contribution in [0.5, 0.6) is 5.75 Å². The molecular weight excluding hydrogens is 278 g/mol. The molecule has 0 aromatic heterocycles. The number of hydrogen-bond acceptors (Lipinski definition) is 5. The van der Waals surface area contributed by atoms with Gasteiger partial charge in [-0.1, -0.05) is 11.6 Å². The lowest BCUT2D eigenvalue weighted by atomic mass is 10.1. The van der Waals surface area contributed by atoms with Gasteiger partial charge in [-0.25, -0.2) is 0 Å². The van der Waals surface area contributed by atoms with Crippen LogP contribution in [0.15, 0.2) is 18.2 Å². The second kappa shape index (κ2) is 7.46. The molecule has 1 atom stereocenters. The van der Waals surface area contributed by atoms with Crippen molar-refractivity contribution in [2.75, 3.05) is 39.4 Å². The minimum Gasteiger partial charge on any atom is -0.508 e. The van der Waals surface area contributed by atoms with Crippen LogP contribution < -0.4 is 5.32 Å². The Morgan fingerprint density at radius 1 is 1.45 bits per heavy atom. The van der Waals surface area contributed by atoms with Gasteiger partial charge in [-0.2, -0.15) is 5.26 Å². The number of nitrogens with zero attached hydrogens (tertiary/aromatic N) is 2. The molecule has 1 aliphatic rings. The molecule has 2 N–H and O–H groups in total. The summed E-state index contributed by atoms with van der Waals surface area (Å²) in [6.45, 7) is 4.88. The molecule has 1 saturated heterocycles. The molecule has 0 bridgehead atoms. The highest BCUT2D eigenvalue weighted by Gasteiger charge is 2.16. The molecule has 0 saturated carbocycles. The van der Waals surface area contributed by atoms with Gasteiger partial charge in [0.25, 0.3) is 0 Å². The number of aromatic hydroxyl groups is 1. The number of nitriles is 1. The van der Waals surface area contributed by atoms with Crippen molar-refractivity contribution in [2.45, 2.75) is 6.04 Å². The molecule has 5 nitrogen and oxygen atoms in total. The summed E-state index contributed by atoms with van der Waals surface area (Å²) in [6, 6.07) is 6.31. The fraction of sp³-hybridized carbons (Fsp3) is 0.500. The lowest BCUT2D eigenvalue weighted by Gasteiger charge is -2.27. The summed E-state index contributed by atoms with van der Waals surface area (Å²) in [6.07, 6.45) is 0. The monoisotopic (exact) mass is 295 g/mol. The van der Waals surface area contributed by atoms with Gasteiger partial charge >= 0.3 is 0 Å². The third-order valence-corrected chi connectivity index (χ3v) is 3.54. The molecule has 1 fully saturated rings. The molecule has 0 radical (unpaired) electrons. The lowest BCUT2D eigenvalue weighted by molar-refractivity contribution is 0.0383. The average Bonchev–Trinajstić information content (AvgIpc) is 2.48. The Morgan fingerprint density at radius 3 is 2.90 bits per heavy atom. The first kappa shape index (κ1) is 15.1. The zero-order valence-electron chi connectivity index (χ0n) is 11.2. The number of benzene rings is 1. The van der Waals surface area contributed by atoms with Crippen LogP contribution in [-0.2, 0) is 4.74 Å². The summed E-state index contributed by atoms with van der Waals surface area (Å²) < 4.78 is 5.28. The van der Waals surface area contributed by atoms with Crippen LogP contribution in [0.4, 0.5) is 0 Å². The van der Waals surface area contributed by atoms with Gasteiger partial charge in [0.1, 0.15) is 11.8 Å². The zero-order chi connectivity index (χ0) is 14.4. The molecule has 0 amide bonds. The normalized spacial score (nSPS) is 17.6. The fourth-order valence-electron chi connectivity index (χ4n) is 2.17. The quantitative estimate of drug-likeness (QED) is 0.862. The molecule has 1 heterocycles.